The highest BCUT2D eigenvalue weighted by Crippen LogP contribution is 2.40. The molecule has 0 bridgehead atoms. The zero-order chi connectivity index (χ0) is 23.9. The Hall–Kier alpha value is -1.85. The summed E-state index contributed by atoms with van der Waals surface area (Å²) in [6, 6.07) is 15.0. The van der Waals surface area contributed by atoms with Crippen LogP contribution in [-0.2, 0) is 4.79 Å². The normalized spacial score (nSPS) is 16.1. The van der Waals surface area contributed by atoms with E-state index < -0.39 is 5.54 Å². The number of nitrogens with one attached hydrogen (secondary N) is 1. The van der Waals surface area contributed by atoms with Gasteiger partial charge in [-0.1, -0.05) is 74.3 Å². The van der Waals surface area contributed by atoms with Crippen molar-refractivity contribution in [2.24, 2.45) is 11.7 Å². The topological polar surface area (TPSA) is 75.4 Å². The molecule has 0 saturated carbocycles. The number of halogens is 2. The highest BCUT2D eigenvalue weighted by Gasteiger charge is 2.39. The van der Waals surface area contributed by atoms with Crippen LogP contribution in [0.15, 0.2) is 61.2 Å². The van der Waals surface area contributed by atoms with Crippen molar-refractivity contribution < 1.29 is 9.90 Å². The molecule has 1 amide bonds. The molecule has 4 atom stereocenters. The van der Waals surface area contributed by atoms with E-state index in [0.717, 1.165) is 11.1 Å². The Labute approximate surface area is 201 Å². The summed E-state index contributed by atoms with van der Waals surface area (Å²) >= 11 is 12.4. The molecule has 4 unspecified atom stereocenters. The molecule has 0 aromatic heterocycles. The maximum atomic E-state index is 13.3. The smallest absolute Gasteiger partial charge is 0.240 e. The number of amides is 1. The number of carbonyl (C=O) groups is 1. The van der Waals surface area contributed by atoms with Crippen molar-refractivity contribution in [3.63, 3.8) is 0 Å². The van der Waals surface area contributed by atoms with Gasteiger partial charge in [-0.05, 0) is 66.0 Å². The van der Waals surface area contributed by atoms with Gasteiger partial charge in [0.25, 0.3) is 0 Å². The van der Waals surface area contributed by atoms with Gasteiger partial charge < -0.3 is 16.2 Å². The number of aliphatic hydroxyl groups is 1. The summed E-state index contributed by atoms with van der Waals surface area (Å²) in [5, 5.41) is 13.9. The number of rotatable bonds is 11. The fourth-order valence-electron chi connectivity index (χ4n) is 3.97. The van der Waals surface area contributed by atoms with Crippen molar-refractivity contribution >= 4 is 29.1 Å². The average Bonchev–Trinajstić information content (AvgIpc) is 2.75. The van der Waals surface area contributed by atoms with Gasteiger partial charge in [0.15, 0.2) is 0 Å². The first-order chi connectivity index (χ1) is 15.1. The maximum absolute atomic E-state index is 13.3. The number of benzene rings is 2. The summed E-state index contributed by atoms with van der Waals surface area (Å²) < 4.78 is 0. The molecular formula is C26H34Cl2N2O2. The summed E-state index contributed by atoms with van der Waals surface area (Å²) in [6.45, 7) is 9.69. The SMILES string of the molecule is C=CCC(N)(CC(c1cccc(Cl)c1)C(C)c1ccc(Cl)cc1)C(=O)NC(CO)C(C)C. The third kappa shape index (κ3) is 6.82. The fraction of sp³-hybridized carbons (Fsp3) is 0.423. The van der Waals surface area contributed by atoms with Crippen LogP contribution < -0.4 is 11.1 Å². The lowest BCUT2D eigenvalue weighted by atomic mass is 9.73. The quantitative estimate of drug-likeness (QED) is 0.365. The number of hydrogen-bond donors (Lipinski definition) is 3. The lowest BCUT2D eigenvalue weighted by Crippen LogP contribution is -2.58. The van der Waals surface area contributed by atoms with Crippen LogP contribution in [0.1, 0.15) is 56.6 Å². The molecule has 0 saturated heterocycles. The van der Waals surface area contributed by atoms with Crippen molar-refractivity contribution in [1.29, 1.82) is 0 Å². The first-order valence-corrected chi connectivity index (χ1v) is 11.7. The van der Waals surface area contributed by atoms with E-state index in [-0.39, 0.29) is 36.3 Å². The molecule has 0 fully saturated rings. The first kappa shape index (κ1) is 26.4. The van der Waals surface area contributed by atoms with Crippen LogP contribution in [0.2, 0.25) is 10.0 Å². The lowest BCUT2D eigenvalue weighted by molar-refractivity contribution is -0.128. The Balaban J connectivity index is 2.44. The number of carbonyl (C=O) groups excluding carboxylic acids is 1. The van der Waals surface area contributed by atoms with E-state index in [1.165, 1.54) is 0 Å². The minimum Gasteiger partial charge on any atom is -0.394 e. The van der Waals surface area contributed by atoms with Gasteiger partial charge >= 0.3 is 0 Å². The first-order valence-electron chi connectivity index (χ1n) is 10.9. The molecule has 174 valence electrons. The molecule has 0 aliphatic carbocycles. The second-order valence-corrected chi connectivity index (χ2v) is 9.73. The molecule has 2 aromatic carbocycles. The van der Waals surface area contributed by atoms with Gasteiger partial charge in [-0.3, -0.25) is 4.79 Å². The monoisotopic (exact) mass is 476 g/mol. The second kappa shape index (κ2) is 11.9. The Kier molecular flexibility index (Phi) is 9.78. The highest BCUT2D eigenvalue weighted by atomic mass is 35.5. The predicted octanol–water partition coefficient (Wildman–Crippen LogP) is 5.68. The number of hydrogen-bond acceptors (Lipinski definition) is 3. The molecule has 0 radical (unpaired) electrons. The van der Waals surface area contributed by atoms with Gasteiger partial charge in [0.1, 0.15) is 0 Å². The van der Waals surface area contributed by atoms with Crippen molar-refractivity contribution in [2.75, 3.05) is 6.61 Å². The van der Waals surface area contributed by atoms with Crippen LogP contribution in [0, 0.1) is 5.92 Å². The maximum Gasteiger partial charge on any atom is 0.240 e. The molecule has 4 N–H and O–H groups in total. The highest BCUT2D eigenvalue weighted by molar-refractivity contribution is 6.30. The van der Waals surface area contributed by atoms with Crippen LogP contribution in [-0.4, -0.2) is 29.2 Å². The van der Waals surface area contributed by atoms with Crippen LogP contribution >= 0.6 is 23.2 Å². The number of aliphatic hydroxyl groups excluding tert-OH is 1. The third-order valence-electron chi connectivity index (χ3n) is 6.14. The van der Waals surface area contributed by atoms with E-state index in [0.29, 0.717) is 22.9 Å². The molecule has 2 aromatic rings. The molecule has 0 aliphatic heterocycles. The average molecular weight is 477 g/mol. The molecule has 6 heteroatoms. The van der Waals surface area contributed by atoms with Crippen LogP contribution in [0.4, 0.5) is 0 Å². The molecule has 0 aliphatic rings. The zero-order valence-corrected chi connectivity index (χ0v) is 20.5. The van der Waals surface area contributed by atoms with Gasteiger partial charge in [0.05, 0.1) is 18.2 Å². The molecular weight excluding hydrogens is 443 g/mol. The van der Waals surface area contributed by atoms with Gasteiger partial charge in [-0.2, -0.15) is 0 Å². The van der Waals surface area contributed by atoms with E-state index in [1.54, 1.807) is 6.08 Å². The molecule has 32 heavy (non-hydrogen) atoms. The minimum atomic E-state index is -1.20. The van der Waals surface area contributed by atoms with E-state index >= 15 is 0 Å². The summed E-state index contributed by atoms with van der Waals surface area (Å²) in [5.74, 6) is -0.253. The Morgan fingerprint density at radius 3 is 2.31 bits per heavy atom. The van der Waals surface area contributed by atoms with E-state index in [2.05, 4.69) is 18.8 Å². The summed E-state index contributed by atoms with van der Waals surface area (Å²) in [7, 11) is 0. The third-order valence-corrected chi connectivity index (χ3v) is 6.63. The van der Waals surface area contributed by atoms with Crippen LogP contribution in [0.5, 0.6) is 0 Å². The summed E-state index contributed by atoms with van der Waals surface area (Å²) in [6.07, 6.45) is 2.36. The van der Waals surface area contributed by atoms with Gasteiger partial charge in [-0.25, -0.2) is 0 Å². The molecule has 0 heterocycles. The Bertz CT molecular complexity index is 901. The van der Waals surface area contributed by atoms with E-state index in [1.807, 2.05) is 62.4 Å². The van der Waals surface area contributed by atoms with E-state index in [4.69, 9.17) is 28.9 Å². The largest absolute Gasteiger partial charge is 0.394 e. The molecule has 2 rings (SSSR count). The lowest BCUT2D eigenvalue weighted by Gasteiger charge is -2.36. The molecule has 4 nitrogen and oxygen atoms in total. The predicted molar refractivity (Wildman–Crippen MR) is 134 cm³/mol. The van der Waals surface area contributed by atoms with E-state index in [9.17, 15) is 9.90 Å². The second-order valence-electron chi connectivity index (χ2n) is 8.86. The summed E-state index contributed by atoms with van der Waals surface area (Å²) in [4.78, 5) is 13.3. The number of nitrogens with two attached hydrogens (primary N) is 1. The zero-order valence-electron chi connectivity index (χ0n) is 19.0. The van der Waals surface area contributed by atoms with Gasteiger partial charge in [0.2, 0.25) is 5.91 Å². The standard InChI is InChI=1S/C26H34Cl2N2O2/c1-5-13-26(29,25(32)30-24(16-31)17(2)3)15-23(20-7-6-8-22(28)14-20)18(4)19-9-11-21(27)12-10-19/h5-12,14,17-18,23-24,31H,1,13,15-16,29H2,2-4H3,(H,30,32). The minimum absolute atomic E-state index is 0.0463. The summed E-state index contributed by atoms with van der Waals surface area (Å²) in [5.41, 5.74) is 7.66. The van der Waals surface area contributed by atoms with Gasteiger partial charge in [-0.15, -0.1) is 6.58 Å². The Morgan fingerprint density at radius 1 is 1.12 bits per heavy atom. The fourth-order valence-corrected chi connectivity index (χ4v) is 4.30. The Morgan fingerprint density at radius 2 is 1.78 bits per heavy atom. The van der Waals surface area contributed by atoms with Crippen molar-refractivity contribution in [3.8, 4) is 0 Å². The van der Waals surface area contributed by atoms with Crippen molar-refractivity contribution in [3.05, 3.63) is 82.4 Å². The van der Waals surface area contributed by atoms with Crippen LogP contribution in [0.25, 0.3) is 0 Å². The van der Waals surface area contributed by atoms with Crippen molar-refractivity contribution in [2.45, 2.75) is 57.0 Å². The van der Waals surface area contributed by atoms with Gasteiger partial charge in [0, 0.05) is 10.0 Å². The van der Waals surface area contributed by atoms with Crippen LogP contribution in [0.3, 0.4) is 0 Å². The molecule has 0 spiro atoms. The van der Waals surface area contributed by atoms with Crippen molar-refractivity contribution in [1.82, 2.24) is 5.32 Å².